The number of carbonyl (C=O) groups is 4. The Balaban J connectivity index is 1.86. The van der Waals surface area contributed by atoms with Crippen LogP contribution in [0.5, 0.6) is 5.75 Å². The second-order valence-electron chi connectivity index (χ2n) is 14.4. The van der Waals surface area contributed by atoms with E-state index in [4.69, 9.17) is 14.2 Å². The number of amides is 6. The summed E-state index contributed by atoms with van der Waals surface area (Å²) >= 11 is 0. The third-order valence-corrected chi connectivity index (χ3v) is 8.97. The smallest absolute Gasteiger partial charge is 0.315 e. The fourth-order valence-corrected chi connectivity index (χ4v) is 5.79. The van der Waals surface area contributed by atoms with E-state index in [0.717, 1.165) is 16.7 Å². The first-order chi connectivity index (χ1) is 27.4. The molecular weight excluding hydrogens is 731 g/mol. The fourth-order valence-electron chi connectivity index (χ4n) is 5.79. The Labute approximate surface area is 336 Å². The zero-order valence-corrected chi connectivity index (χ0v) is 34.0. The van der Waals surface area contributed by atoms with Crippen LogP contribution in [0, 0.1) is 11.8 Å². The second kappa shape index (κ2) is 25.1. The van der Waals surface area contributed by atoms with Crippen molar-refractivity contribution in [3.63, 3.8) is 0 Å². The molecule has 3 aromatic rings. The van der Waals surface area contributed by atoms with Crippen LogP contribution in [0.25, 0.3) is 0 Å². The maximum absolute atomic E-state index is 13.9. The lowest BCUT2D eigenvalue weighted by Crippen LogP contribution is -2.60. The number of urea groups is 2. The number of hydrogen-bond donors (Lipinski definition) is 7. The average molecular weight is 792 g/mol. The minimum absolute atomic E-state index is 0.113. The number of rotatable bonds is 24. The Morgan fingerprint density at radius 1 is 0.649 bits per heavy atom. The molecule has 15 nitrogen and oxygen atoms in total. The van der Waals surface area contributed by atoms with E-state index < -0.39 is 48.1 Å². The lowest BCUT2D eigenvalue weighted by atomic mass is 9.98. The summed E-state index contributed by atoms with van der Waals surface area (Å²) in [4.78, 5) is 53.0. The normalized spacial score (nSPS) is 13.3. The number of nitrogens with one attached hydrogen (secondary N) is 6. The monoisotopic (exact) mass is 791 g/mol. The molecule has 3 rings (SSSR count). The van der Waals surface area contributed by atoms with E-state index in [2.05, 4.69) is 32.0 Å². The Bertz CT molecular complexity index is 1630. The quantitative estimate of drug-likeness (QED) is 0.0528. The number of ether oxygens (including phenoxy) is 3. The molecule has 6 amide bonds. The van der Waals surface area contributed by atoms with E-state index in [1.54, 1.807) is 5.01 Å². The van der Waals surface area contributed by atoms with Gasteiger partial charge in [0.1, 0.15) is 24.4 Å². The molecule has 0 aliphatic rings. The molecule has 2 unspecified atom stereocenters. The van der Waals surface area contributed by atoms with Gasteiger partial charge in [0.25, 0.3) is 5.91 Å². The van der Waals surface area contributed by atoms with Gasteiger partial charge in [-0.05, 0) is 47.1 Å². The lowest BCUT2D eigenvalue weighted by molar-refractivity contribution is -0.131. The van der Waals surface area contributed by atoms with E-state index in [-0.39, 0.29) is 44.4 Å². The van der Waals surface area contributed by atoms with Crippen LogP contribution in [-0.4, -0.2) is 105 Å². The standard InChI is InChI=1S/C42H61N7O8/c1-29(2)37(46-41(53)43-21-23-55-5)39(51)45-35(25-31-13-9-7-10-14-31)36(50)27-49(48-40(52)38(30(3)4)47-42(54)44-22-24-56-6)26-32-17-19-34(20-18-32)57-28-33-15-11-8-12-16-33/h7-20,29-30,35-38,50H,21-28H2,1-6H3,(H,45,51)(H,48,52)(H2,43,46,53)(H2,44,47,54)/t35?,36?,37-,38-/m0/s1. The van der Waals surface area contributed by atoms with Gasteiger partial charge in [0.2, 0.25) is 5.91 Å². The molecule has 15 heteroatoms. The van der Waals surface area contributed by atoms with Crippen molar-refractivity contribution < 1.29 is 38.5 Å². The minimum Gasteiger partial charge on any atom is -0.489 e. The van der Waals surface area contributed by atoms with Gasteiger partial charge in [-0.2, -0.15) is 0 Å². The molecule has 0 heterocycles. The van der Waals surface area contributed by atoms with Crippen molar-refractivity contribution in [2.75, 3.05) is 47.1 Å². The van der Waals surface area contributed by atoms with E-state index in [0.29, 0.717) is 25.6 Å². The largest absolute Gasteiger partial charge is 0.489 e. The summed E-state index contributed by atoms with van der Waals surface area (Å²) in [6, 6.07) is 22.9. The highest BCUT2D eigenvalue weighted by atomic mass is 16.5. The summed E-state index contributed by atoms with van der Waals surface area (Å²) in [7, 11) is 3.05. The van der Waals surface area contributed by atoms with Crippen molar-refractivity contribution in [2.24, 2.45) is 11.8 Å². The number of nitrogens with zero attached hydrogens (tertiary/aromatic N) is 1. The van der Waals surface area contributed by atoms with Crippen molar-refractivity contribution in [1.29, 1.82) is 0 Å². The van der Waals surface area contributed by atoms with Gasteiger partial charge in [-0.25, -0.2) is 14.6 Å². The third-order valence-electron chi connectivity index (χ3n) is 8.97. The van der Waals surface area contributed by atoms with Gasteiger partial charge in [0.15, 0.2) is 0 Å². The van der Waals surface area contributed by atoms with E-state index >= 15 is 0 Å². The number of methoxy groups -OCH3 is 2. The van der Waals surface area contributed by atoms with Crippen LogP contribution in [-0.2, 0) is 38.6 Å². The van der Waals surface area contributed by atoms with Crippen LogP contribution >= 0.6 is 0 Å². The van der Waals surface area contributed by atoms with Crippen LogP contribution in [0.1, 0.15) is 44.4 Å². The summed E-state index contributed by atoms with van der Waals surface area (Å²) in [5.41, 5.74) is 5.61. The van der Waals surface area contributed by atoms with Crippen molar-refractivity contribution in [3.8, 4) is 5.75 Å². The van der Waals surface area contributed by atoms with E-state index in [9.17, 15) is 24.3 Å². The first kappa shape index (κ1) is 46.2. The number of benzene rings is 3. The van der Waals surface area contributed by atoms with Crippen LogP contribution in [0.15, 0.2) is 84.9 Å². The Morgan fingerprint density at radius 2 is 1.16 bits per heavy atom. The zero-order valence-electron chi connectivity index (χ0n) is 34.0. The van der Waals surface area contributed by atoms with Crippen molar-refractivity contribution in [2.45, 2.75) is 71.5 Å². The van der Waals surface area contributed by atoms with Gasteiger partial charge in [0, 0.05) is 40.4 Å². The van der Waals surface area contributed by atoms with Crippen molar-refractivity contribution in [1.82, 2.24) is 37.0 Å². The molecule has 0 aromatic heterocycles. The van der Waals surface area contributed by atoms with Gasteiger partial charge >= 0.3 is 12.1 Å². The predicted molar refractivity (Wildman–Crippen MR) is 218 cm³/mol. The van der Waals surface area contributed by atoms with Gasteiger partial charge < -0.3 is 45.9 Å². The SMILES string of the molecule is COCCNC(=O)N[C@H](C(=O)NC(Cc1ccccc1)C(O)CN(Cc1ccc(OCc2ccccc2)cc1)NC(=O)[C@@H](NC(=O)NCCOC)C(C)C)C(C)C. The van der Waals surface area contributed by atoms with E-state index in [1.807, 2.05) is 113 Å². The summed E-state index contributed by atoms with van der Waals surface area (Å²) in [6.45, 7) is 8.86. The van der Waals surface area contributed by atoms with Gasteiger partial charge in [0.05, 0.1) is 25.4 Å². The Hall–Kier alpha value is -5.22. The topological polar surface area (TPSA) is 192 Å². The summed E-state index contributed by atoms with van der Waals surface area (Å²) < 4.78 is 16.0. The van der Waals surface area contributed by atoms with Crippen molar-refractivity contribution in [3.05, 3.63) is 102 Å². The summed E-state index contributed by atoms with van der Waals surface area (Å²) in [5.74, 6) is -0.877. The van der Waals surface area contributed by atoms with Gasteiger partial charge in [-0.1, -0.05) is 100 Å². The molecule has 7 N–H and O–H groups in total. The average Bonchev–Trinajstić information content (AvgIpc) is 3.19. The second-order valence-corrected chi connectivity index (χ2v) is 14.4. The number of hydrazine groups is 1. The number of aliphatic hydroxyl groups is 1. The van der Waals surface area contributed by atoms with Gasteiger partial charge in [-0.15, -0.1) is 0 Å². The third kappa shape index (κ3) is 17.2. The first-order valence-corrected chi connectivity index (χ1v) is 19.3. The molecular formula is C42H61N7O8. The minimum atomic E-state index is -1.21. The van der Waals surface area contributed by atoms with Crippen LogP contribution < -0.4 is 36.7 Å². The first-order valence-electron chi connectivity index (χ1n) is 19.3. The number of aliphatic hydroxyl groups excluding tert-OH is 1. The summed E-state index contributed by atoms with van der Waals surface area (Å²) in [6.07, 6.45) is -0.958. The Morgan fingerprint density at radius 3 is 1.67 bits per heavy atom. The van der Waals surface area contributed by atoms with E-state index in [1.165, 1.54) is 14.2 Å². The molecule has 0 saturated carbocycles. The molecule has 0 fully saturated rings. The van der Waals surface area contributed by atoms with Gasteiger partial charge in [-0.3, -0.25) is 15.0 Å². The highest BCUT2D eigenvalue weighted by Gasteiger charge is 2.32. The molecule has 4 atom stereocenters. The molecule has 312 valence electrons. The highest BCUT2D eigenvalue weighted by molar-refractivity contribution is 5.88. The predicted octanol–water partition coefficient (Wildman–Crippen LogP) is 3.13. The molecule has 3 aromatic carbocycles. The molecule has 0 bridgehead atoms. The molecule has 0 radical (unpaired) electrons. The highest BCUT2D eigenvalue weighted by Crippen LogP contribution is 2.17. The van der Waals surface area contributed by atoms with Crippen LogP contribution in [0.2, 0.25) is 0 Å². The molecule has 0 spiro atoms. The number of carbonyl (C=O) groups excluding carboxylic acids is 4. The number of hydrogen-bond acceptors (Lipinski definition) is 9. The maximum atomic E-state index is 13.9. The Kier molecular flexibility index (Phi) is 20.3. The van der Waals surface area contributed by atoms with Crippen molar-refractivity contribution >= 4 is 23.9 Å². The van der Waals surface area contributed by atoms with Crippen LogP contribution in [0.4, 0.5) is 9.59 Å². The van der Waals surface area contributed by atoms with Crippen LogP contribution in [0.3, 0.4) is 0 Å². The maximum Gasteiger partial charge on any atom is 0.315 e. The molecule has 0 aliphatic heterocycles. The molecule has 0 saturated heterocycles. The molecule has 0 aliphatic carbocycles. The summed E-state index contributed by atoms with van der Waals surface area (Å²) in [5, 5.41) is 27.3. The fraction of sp³-hybridized carbons (Fsp3) is 0.476. The lowest BCUT2D eigenvalue weighted by Gasteiger charge is -2.33. The molecule has 57 heavy (non-hydrogen) atoms. The zero-order chi connectivity index (χ0) is 41.6.